The molecule has 0 atom stereocenters. The number of piperidine rings is 1. The molecule has 1 aliphatic heterocycles. The molecular weight excluding hydrogens is 234 g/mol. The maximum absolute atomic E-state index is 12.7. The van der Waals surface area contributed by atoms with Gasteiger partial charge in [-0.15, -0.1) is 0 Å². The van der Waals surface area contributed by atoms with E-state index in [1.165, 1.54) is 5.56 Å². The second kappa shape index (κ2) is 5.46. The van der Waals surface area contributed by atoms with E-state index in [1.54, 1.807) is 0 Å². The second-order valence-corrected chi connectivity index (χ2v) is 6.67. The zero-order valence-corrected chi connectivity index (χ0v) is 12.5. The molecule has 104 valence electrons. The average molecular weight is 259 g/mol. The van der Waals surface area contributed by atoms with Crippen molar-refractivity contribution in [1.82, 2.24) is 5.32 Å². The van der Waals surface area contributed by atoms with Gasteiger partial charge < -0.3 is 5.32 Å². The van der Waals surface area contributed by atoms with Crippen LogP contribution in [0.1, 0.15) is 55.1 Å². The zero-order chi connectivity index (χ0) is 14.0. The van der Waals surface area contributed by atoms with Crippen molar-refractivity contribution in [3.05, 3.63) is 34.9 Å². The van der Waals surface area contributed by atoms with Gasteiger partial charge in [0.1, 0.15) is 0 Å². The van der Waals surface area contributed by atoms with Crippen LogP contribution >= 0.6 is 0 Å². The van der Waals surface area contributed by atoms with Crippen LogP contribution in [-0.2, 0) is 5.41 Å². The Morgan fingerprint density at radius 3 is 2.42 bits per heavy atom. The number of aryl methyl sites for hydroxylation is 1. The van der Waals surface area contributed by atoms with Crippen molar-refractivity contribution in [1.29, 1.82) is 0 Å². The number of Topliss-reactive ketones (excluding diaryl/α,β-unsaturated/α-hetero) is 1. The predicted molar refractivity (Wildman–Crippen MR) is 79.8 cm³/mol. The third kappa shape index (κ3) is 3.24. The lowest BCUT2D eigenvalue weighted by atomic mass is 9.82. The molecule has 0 unspecified atom stereocenters. The second-order valence-electron chi connectivity index (χ2n) is 6.67. The van der Waals surface area contributed by atoms with E-state index in [0.717, 1.165) is 37.1 Å². The maximum atomic E-state index is 12.7. The first-order chi connectivity index (χ1) is 8.89. The molecule has 0 saturated carbocycles. The van der Waals surface area contributed by atoms with Crippen molar-refractivity contribution in [2.24, 2.45) is 5.92 Å². The Morgan fingerprint density at radius 1 is 1.21 bits per heavy atom. The first-order valence-electron chi connectivity index (χ1n) is 7.25. The molecule has 1 saturated heterocycles. The van der Waals surface area contributed by atoms with Crippen LogP contribution in [0.2, 0.25) is 0 Å². The molecule has 1 aromatic rings. The highest BCUT2D eigenvalue weighted by Crippen LogP contribution is 2.27. The van der Waals surface area contributed by atoms with Crippen molar-refractivity contribution in [2.45, 2.75) is 46.0 Å². The topological polar surface area (TPSA) is 29.1 Å². The first kappa shape index (κ1) is 14.3. The van der Waals surface area contributed by atoms with Gasteiger partial charge in [0.05, 0.1) is 0 Å². The fourth-order valence-corrected chi connectivity index (χ4v) is 2.66. The third-order valence-electron chi connectivity index (χ3n) is 4.08. The van der Waals surface area contributed by atoms with E-state index in [-0.39, 0.29) is 11.3 Å². The lowest BCUT2D eigenvalue weighted by Gasteiger charge is -2.24. The number of carbonyl (C=O) groups excluding carboxylic acids is 1. The van der Waals surface area contributed by atoms with Gasteiger partial charge in [0.2, 0.25) is 0 Å². The molecular formula is C17H25NO. The summed E-state index contributed by atoms with van der Waals surface area (Å²) in [5.74, 6) is 0.542. The lowest BCUT2D eigenvalue weighted by Crippen LogP contribution is -2.32. The smallest absolute Gasteiger partial charge is 0.166 e. The Kier molecular flexibility index (Phi) is 4.10. The summed E-state index contributed by atoms with van der Waals surface area (Å²) in [6.07, 6.45) is 1.94. The van der Waals surface area contributed by atoms with Crippen molar-refractivity contribution >= 4 is 5.78 Å². The SMILES string of the molecule is Cc1ccc(C(C)(C)C)cc1C(=O)C1CCNCC1. The summed E-state index contributed by atoms with van der Waals surface area (Å²) in [5.41, 5.74) is 3.38. The van der Waals surface area contributed by atoms with Crippen LogP contribution in [0.25, 0.3) is 0 Å². The van der Waals surface area contributed by atoms with Gasteiger partial charge in [-0.3, -0.25) is 4.79 Å². The number of ketones is 1. The molecule has 1 heterocycles. The van der Waals surface area contributed by atoms with E-state index in [9.17, 15) is 4.79 Å². The zero-order valence-electron chi connectivity index (χ0n) is 12.5. The van der Waals surface area contributed by atoms with Crippen LogP contribution in [-0.4, -0.2) is 18.9 Å². The summed E-state index contributed by atoms with van der Waals surface area (Å²) in [4.78, 5) is 12.7. The summed E-state index contributed by atoms with van der Waals surface area (Å²) in [7, 11) is 0. The first-order valence-corrected chi connectivity index (χ1v) is 7.25. The number of nitrogens with one attached hydrogen (secondary N) is 1. The van der Waals surface area contributed by atoms with Crippen LogP contribution in [0, 0.1) is 12.8 Å². The summed E-state index contributed by atoms with van der Waals surface area (Å²) >= 11 is 0. The molecule has 2 heteroatoms. The molecule has 1 aromatic carbocycles. The van der Waals surface area contributed by atoms with Gasteiger partial charge in [-0.05, 0) is 55.5 Å². The lowest BCUT2D eigenvalue weighted by molar-refractivity contribution is 0.0894. The Morgan fingerprint density at radius 2 is 1.84 bits per heavy atom. The van der Waals surface area contributed by atoms with Crippen molar-refractivity contribution < 1.29 is 4.79 Å². The van der Waals surface area contributed by atoms with E-state index >= 15 is 0 Å². The molecule has 0 amide bonds. The van der Waals surface area contributed by atoms with Crippen LogP contribution in [0.5, 0.6) is 0 Å². The number of hydrogen-bond donors (Lipinski definition) is 1. The fourth-order valence-electron chi connectivity index (χ4n) is 2.66. The van der Waals surface area contributed by atoms with Gasteiger partial charge in [-0.2, -0.15) is 0 Å². The summed E-state index contributed by atoms with van der Waals surface area (Å²) < 4.78 is 0. The largest absolute Gasteiger partial charge is 0.317 e. The molecule has 0 aliphatic carbocycles. The number of hydrogen-bond acceptors (Lipinski definition) is 2. The number of rotatable bonds is 2. The van der Waals surface area contributed by atoms with Crippen molar-refractivity contribution in [3.63, 3.8) is 0 Å². The van der Waals surface area contributed by atoms with E-state index in [2.05, 4.69) is 44.3 Å². The minimum atomic E-state index is 0.0941. The number of benzene rings is 1. The van der Waals surface area contributed by atoms with Gasteiger partial charge in [-0.25, -0.2) is 0 Å². The summed E-state index contributed by atoms with van der Waals surface area (Å²) in [6, 6.07) is 6.35. The van der Waals surface area contributed by atoms with Gasteiger partial charge >= 0.3 is 0 Å². The molecule has 2 nitrogen and oxygen atoms in total. The molecule has 0 bridgehead atoms. The normalized spacial score (nSPS) is 17.5. The molecule has 0 radical (unpaired) electrons. The van der Waals surface area contributed by atoms with E-state index in [4.69, 9.17) is 0 Å². The minimum Gasteiger partial charge on any atom is -0.317 e. The van der Waals surface area contributed by atoms with Gasteiger partial charge in [0.15, 0.2) is 5.78 Å². The number of carbonyl (C=O) groups is 1. The average Bonchev–Trinajstić information content (AvgIpc) is 2.38. The van der Waals surface area contributed by atoms with E-state index in [1.807, 2.05) is 6.92 Å². The van der Waals surface area contributed by atoms with Gasteiger partial charge in [-0.1, -0.05) is 32.9 Å². The maximum Gasteiger partial charge on any atom is 0.166 e. The molecule has 1 N–H and O–H groups in total. The quantitative estimate of drug-likeness (QED) is 0.824. The summed E-state index contributed by atoms with van der Waals surface area (Å²) in [5, 5.41) is 3.32. The molecule has 1 fully saturated rings. The third-order valence-corrected chi connectivity index (χ3v) is 4.08. The van der Waals surface area contributed by atoms with Gasteiger partial charge in [0, 0.05) is 11.5 Å². The molecule has 0 aromatic heterocycles. The van der Waals surface area contributed by atoms with Gasteiger partial charge in [0.25, 0.3) is 0 Å². The van der Waals surface area contributed by atoms with E-state index in [0.29, 0.717) is 5.78 Å². The van der Waals surface area contributed by atoms with Crippen LogP contribution in [0.4, 0.5) is 0 Å². The Bertz CT molecular complexity index is 465. The standard InChI is InChI=1S/C17H25NO/c1-12-5-6-14(17(2,3)4)11-15(12)16(19)13-7-9-18-10-8-13/h5-6,11,13,18H,7-10H2,1-4H3. The van der Waals surface area contributed by atoms with Crippen molar-refractivity contribution in [2.75, 3.05) is 13.1 Å². The highest BCUT2D eigenvalue weighted by Gasteiger charge is 2.24. The Balaban J connectivity index is 2.30. The molecule has 19 heavy (non-hydrogen) atoms. The minimum absolute atomic E-state index is 0.0941. The summed E-state index contributed by atoms with van der Waals surface area (Å²) in [6.45, 7) is 10.5. The highest BCUT2D eigenvalue weighted by atomic mass is 16.1. The van der Waals surface area contributed by atoms with E-state index < -0.39 is 0 Å². The van der Waals surface area contributed by atoms with Crippen LogP contribution < -0.4 is 5.32 Å². The molecule has 0 spiro atoms. The van der Waals surface area contributed by atoms with Crippen LogP contribution in [0.3, 0.4) is 0 Å². The molecule has 1 aliphatic rings. The predicted octanol–water partition coefficient (Wildman–Crippen LogP) is 3.47. The monoisotopic (exact) mass is 259 g/mol. The molecule has 2 rings (SSSR count). The highest BCUT2D eigenvalue weighted by molar-refractivity contribution is 5.99. The Labute approximate surface area is 116 Å². The Hall–Kier alpha value is -1.15. The van der Waals surface area contributed by atoms with Crippen LogP contribution in [0.15, 0.2) is 18.2 Å². The fraction of sp³-hybridized carbons (Fsp3) is 0.588. The van der Waals surface area contributed by atoms with Crippen molar-refractivity contribution in [3.8, 4) is 0 Å².